The molecule has 0 bridgehead atoms. The first-order valence-electron chi connectivity index (χ1n) is 6.58. The lowest BCUT2D eigenvalue weighted by Crippen LogP contribution is -2.44. The molecule has 0 saturated carbocycles. The average Bonchev–Trinajstić information content (AvgIpc) is 2.27. The Hall–Kier alpha value is -1.86. The van der Waals surface area contributed by atoms with E-state index in [0.29, 0.717) is 10.7 Å². The molecular formula is C16H21ClN2O2. The number of ether oxygens (including phenoxy) is 1. The van der Waals surface area contributed by atoms with Gasteiger partial charge in [-0.3, -0.25) is 0 Å². The Morgan fingerprint density at radius 2 is 1.90 bits per heavy atom. The fourth-order valence-electron chi connectivity index (χ4n) is 1.42. The lowest BCUT2D eigenvalue weighted by molar-refractivity contribution is 0.0494. The molecular weight excluding hydrogens is 288 g/mol. The Balaban J connectivity index is 2.78. The highest BCUT2D eigenvalue weighted by Gasteiger charge is 2.22. The van der Waals surface area contributed by atoms with Crippen molar-refractivity contribution in [3.63, 3.8) is 0 Å². The largest absolute Gasteiger partial charge is 0.444 e. The minimum absolute atomic E-state index is 0.458. The van der Waals surface area contributed by atoms with Gasteiger partial charge in [-0.1, -0.05) is 23.4 Å². The third-order valence-electron chi connectivity index (χ3n) is 2.33. The summed E-state index contributed by atoms with van der Waals surface area (Å²) in [5.74, 6) is 5.94. The zero-order valence-electron chi connectivity index (χ0n) is 13.0. The Morgan fingerprint density at radius 3 is 2.43 bits per heavy atom. The molecule has 0 unspecified atom stereocenters. The number of halogens is 1. The highest BCUT2D eigenvalue weighted by Crippen LogP contribution is 2.19. The van der Waals surface area contributed by atoms with Crippen molar-refractivity contribution in [2.75, 3.05) is 5.73 Å². The maximum Gasteiger partial charge on any atom is 0.408 e. The van der Waals surface area contributed by atoms with Gasteiger partial charge < -0.3 is 15.8 Å². The first-order valence-corrected chi connectivity index (χ1v) is 6.96. The number of benzene rings is 1. The van der Waals surface area contributed by atoms with E-state index in [-0.39, 0.29) is 0 Å². The van der Waals surface area contributed by atoms with Crippen molar-refractivity contribution < 1.29 is 9.53 Å². The fourth-order valence-corrected chi connectivity index (χ4v) is 1.60. The number of anilines is 1. The summed E-state index contributed by atoms with van der Waals surface area (Å²) in [6.45, 7) is 9.01. The Labute approximate surface area is 131 Å². The van der Waals surface area contributed by atoms with E-state index in [0.717, 1.165) is 5.56 Å². The number of carbonyl (C=O) groups is 1. The van der Waals surface area contributed by atoms with Gasteiger partial charge in [0.15, 0.2) is 0 Å². The molecule has 0 aliphatic heterocycles. The maximum absolute atomic E-state index is 11.7. The second kappa shape index (κ2) is 6.28. The van der Waals surface area contributed by atoms with Gasteiger partial charge in [0.2, 0.25) is 0 Å². The van der Waals surface area contributed by atoms with Gasteiger partial charge in [0.1, 0.15) is 5.60 Å². The summed E-state index contributed by atoms with van der Waals surface area (Å²) < 4.78 is 5.20. The molecule has 0 heterocycles. The Morgan fingerprint density at radius 1 is 1.29 bits per heavy atom. The molecule has 5 heteroatoms. The summed E-state index contributed by atoms with van der Waals surface area (Å²) in [5, 5.41) is 3.17. The number of nitrogens with two attached hydrogens (primary N) is 1. The van der Waals surface area contributed by atoms with Gasteiger partial charge in [0.05, 0.1) is 16.2 Å². The average molecular weight is 309 g/mol. The molecule has 3 N–H and O–H groups in total. The normalized spacial score (nSPS) is 11.3. The van der Waals surface area contributed by atoms with Gasteiger partial charge >= 0.3 is 6.09 Å². The van der Waals surface area contributed by atoms with E-state index in [1.807, 2.05) is 20.8 Å². The third kappa shape index (κ3) is 6.42. The summed E-state index contributed by atoms with van der Waals surface area (Å²) in [6, 6.07) is 5.16. The topological polar surface area (TPSA) is 64.3 Å². The number of nitrogen functional groups attached to an aromatic ring is 1. The summed E-state index contributed by atoms with van der Waals surface area (Å²) >= 11 is 5.94. The van der Waals surface area contributed by atoms with E-state index in [1.165, 1.54) is 0 Å². The minimum atomic E-state index is -0.726. The highest BCUT2D eigenvalue weighted by molar-refractivity contribution is 6.33. The SMILES string of the molecule is CC(C)(C#Cc1ccc(N)c(Cl)c1)NC(=O)OC(C)(C)C. The van der Waals surface area contributed by atoms with Crippen molar-refractivity contribution >= 4 is 23.4 Å². The highest BCUT2D eigenvalue weighted by atomic mass is 35.5. The number of alkyl carbamates (subject to hydrolysis) is 1. The predicted molar refractivity (Wildman–Crippen MR) is 86.2 cm³/mol. The second-order valence-electron chi connectivity index (χ2n) is 6.24. The fraction of sp³-hybridized carbons (Fsp3) is 0.438. The Bertz CT molecular complexity index is 593. The van der Waals surface area contributed by atoms with Gasteiger partial charge in [0, 0.05) is 5.56 Å². The molecule has 114 valence electrons. The van der Waals surface area contributed by atoms with Crippen molar-refractivity contribution in [1.82, 2.24) is 5.32 Å². The number of carbonyl (C=O) groups excluding carboxylic acids is 1. The van der Waals surface area contributed by atoms with Crippen molar-refractivity contribution in [3.8, 4) is 11.8 Å². The molecule has 1 aromatic rings. The maximum atomic E-state index is 11.7. The summed E-state index contributed by atoms with van der Waals surface area (Å²) in [4.78, 5) is 11.7. The Kier molecular flexibility index (Phi) is 5.14. The lowest BCUT2D eigenvalue weighted by atomic mass is 10.1. The van der Waals surface area contributed by atoms with Crippen LogP contribution in [0.1, 0.15) is 40.2 Å². The van der Waals surface area contributed by atoms with Gasteiger partial charge in [-0.05, 0) is 52.8 Å². The smallest absolute Gasteiger partial charge is 0.408 e. The van der Waals surface area contributed by atoms with Crippen molar-refractivity contribution in [1.29, 1.82) is 0 Å². The van der Waals surface area contributed by atoms with E-state index in [4.69, 9.17) is 22.1 Å². The molecule has 1 aromatic carbocycles. The van der Waals surface area contributed by atoms with Crippen LogP contribution >= 0.6 is 11.6 Å². The van der Waals surface area contributed by atoms with Crippen LogP contribution in [-0.2, 0) is 4.74 Å². The van der Waals surface area contributed by atoms with E-state index in [9.17, 15) is 4.79 Å². The molecule has 0 fully saturated rings. The van der Waals surface area contributed by atoms with Crippen LogP contribution in [0.3, 0.4) is 0 Å². The molecule has 0 radical (unpaired) electrons. The molecule has 0 saturated heterocycles. The van der Waals surface area contributed by atoms with Gasteiger partial charge in [-0.25, -0.2) is 4.79 Å². The van der Waals surface area contributed by atoms with Gasteiger partial charge in [-0.2, -0.15) is 0 Å². The number of amides is 1. The molecule has 1 rings (SSSR count). The van der Waals surface area contributed by atoms with Gasteiger partial charge in [0.25, 0.3) is 0 Å². The summed E-state index contributed by atoms with van der Waals surface area (Å²) in [6.07, 6.45) is -0.503. The van der Waals surface area contributed by atoms with Crippen LogP contribution in [0.2, 0.25) is 5.02 Å². The van der Waals surface area contributed by atoms with Crippen LogP contribution in [-0.4, -0.2) is 17.2 Å². The summed E-state index contributed by atoms with van der Waals surface area (Å²) in [5.41, 5.74) is 5.61. The van der Waals surface area contributed by atoms with Crippen molar-refractivity contribution in [2.24, 2.45) is 0 Å². The van der Waals surface area contributed by atoms with Crippen molar-refractivity contribution in [3.05, 3.63) is 28.8 Å². The molecule has 0 aliphatic carbocycles. The molecule has 0 spiro atoms. The number of hydrogen-bond acceptors (Lipinski definition) is 3. The quantitative estimate of drug-likeness (QED) is 0.615. The molecule has 21 heavy (non-hydrogen) atoms. The van der Waals surface area contributed by atoms with E-state index in [1.54, 1.807) is 32.0 Å². The van der Waals surface area contributed by atoms with Crippen LogP contribution in [0.15, 0.2) is 18.2 Å². The van der Waals surface area contributed by atoms with Crippen LogP contribution in [0.25, 0.3) is 0 Å². The van der Waals surface area contributed by atoms with Crippen LogP contribution < -0.4 is 11.1 Å². The van der Waals surface area contributed by atoms with Crippen LogP contribution in [0.4, 0.5) is 10.5 Å². The van der Waals surface area contributed by atoms with Gasteiger partial charge in [-0.15, -0.1) is 0 Å². The zero-order valence-corrected chi connectivity index (χ0v) is 13.8. The summed E-state index contributed by atoms with van der Waals surface area (Å²) in [7, 11) is 0. The second-order valence-corrected chi connectivity index (χ2v) is 6.65. The van der Waals surface area contributed by atoms with E-state index < -0.39 is 17.2 Å². The first-order chi connectivity index (χ1) is 9.48. The van der Waals surface area contributed by atoms with Crippen molar-refractivity contribution in [2.45, 2.75) is 45.8 Å². The number of nitrogens with one attached hydrogen (secondary N) is 1. The van der Waals surface area contributed by atoms with E-state index >= 15 is 0 Å². The predicted octanol–water partition coefficient (Wildman–Crippen LogP) is 3.58. The molecule has 4 nitrogen and oxygen atoms in total. The zero-order chi connectivity index (χ0) is 16.3. The molecule has 0 aliphatic rings. The number of rotatable bonds is 1. The van der Waals surface area contributed by atoms with Crippen LogP contribution in [0, 0.1) is 11.8 Å². The number of hydrogen-bond donors (Lipinski definition) is 2. The minimum Gasteiger partial charge on any atom is -0.444 e. The molecule has 0 atom stereocenters. The third-order valence-corrected chi connectivity index (χ3v) is 2.66. The molecule has 0 aromatic heterocycles. The molecule has 1 amide bonds. The monoisotopic (exact) mass is 308 g/mol. The standard InChI is InChI=1S/C16H21ClN2O2/c1-15(2,3)21-14(20)19-16(4,5)9-8-11-6-7-13(18)12(17)10-11/h6-7,10H,18H2,1-5H3,(H,19,20). The van der Waals surface area contributed by atoms with Crippen LogP contribution in [0.5, 0.6) is 0 Å². The van der Waals surface area contributed by atoms with E-state index in [2.05, 4.69) is 17.2 Å². The first kappa shape index (κ1) is 17.2. The lowest BCUT2D eigenvalue weighted by Gasteiger charge is -2.24.